The van der Waals surface area contributed by atoms with Gasteiger partial charge in [-0.1, -0.05) is 37.6 Å². The summed E-state index contributed by atoms with van der Waals surface area (Å²) in [6.07, 6.45) is 1.22. The van der Waals surface area contributed by atoms with Crippen LogP contribution >= 0.6 is 23.4 Å². The van der Waals surface area contributed by atoms with Crippen molar-refractivity contribution in [2.45, 2.75) is 32.4 Å². The van der Waals surface area contributed by atoms with Gasteiger partial charge in [0, 0.05) is 29.4 Å². The SMILES string of the molecule is CN(Cc1cccc(Cl)c1)C1(CN)CSCCC1(C)C. The highest BCUT2D eigenvalue weighted by atomic mass is 35.5. The first-order valence-corrected chi connectivity index (χ1v) is 8.68. The fraction of sp³-hybridized carbons (Fsp3) is 0.625. The molecule has 1 saturated heterocycles. The van der Waals surface area contributed by atoms with Crippen molar-refractivity contribution in [3.63, 3.8) is 0 Å². The van der Waals surface area contributed by atoms with E-state index in [-0.39, 0.29) is 11.0 Å². The molecule has 0 saturated carbocycles. The third-order valence-electron chi connectivity index (χ3n) is 4.85. The number of hydrogen-bond acceptors (Lipinski definition) is 3. The Morgan fingerprint density at radius 2 is 2.15 bits per heavy atom. The second-order valence-electron chi connectivity index (χ2n) is 6.41. The van der Waals surface area contributed by atoms with Gasteiger partial charge >= 0.3 is 0 Å². The van der Waals surface area contributed by atoms with Gasteiger partial charge in [-0.2, -0.15) is 11.8 Å². The molecule has 0 radical (unpaired) electrons. The molecule has 1 fully saturated rings. The van der Waals surface area contributed by atoms with Crippen molar-refractivity contribution in [2.75, 3.05) is 25.1 Å². The molecule has 4 heteroatoms. The van der Waals surface area contributed by atoms with Crippen molar-refractivity contribution in [3.8, 4) is 0 Å². The lowest BCUT2D eigenvalue weighted by molar-refractivity contribution is 0.0148. The van der Waals surface area contributed by atoms with E-state index in [1.807, 2.05) is 30.0 Å². The van der Waals surface area contributed by atoms with E-state index in [0.717, 1.165) is 17.3 Å². The van der Waals surface area contributed by atoms with Gasteiger partial charge in [-0.05, 0) is 42.3 Å². The summed E-state index contributed by atoms with van der Waals surface area (Å²) in [5, 5.41) is 0.801. The normalized spacial score (nSPS) is 25.9. The van der Waals surface area contributed by atoms with Crippen LogP contribution in [0.3, 0.4) is 0 Å². The number of nitrogens with zero attached hydrogens (tertiary/aromatic N) is 1. The van der Waals surface area contributed by atoms with Crippen molar-refractivity contribution in [3.05, 3.63) is 34.9 Å². The van der Waals surface area contributed by atoms with Crippen LogP contribution in [0.25, 0.3) is 0 Å². The molecule has 0 amide bonds. The van der Waals surface area contributed by atoms with Crippen LogP contribution in [0, 0.1) is 5.41 Å². The minimum Gasteiger partial charge on any atom is -0.329 e. The number of halogens is 1. The molecule has 1 aromatic rings. The summed E-state index contributed by atoms with van der Waals surface area (Å²) >= 11 is 8.11. The van der Waals surface area contributed by atoms with Crippen LogP contribution in [0.4, 0.5) is 0 Å². The van der Waals surface area contributed by atoms with Crippen molar-refractivity contribution in [2.24, 2.45) is 11.1 Å². The zero-order valence-electron chi connectivity index (χ0n) is 12.7. The molecular weight excluding hydrogens is 288 g/mol. The largest absolute Gasteiger partial charge is 0.329 e. The summed E-state index contributed by atoms with van der Waals surface area (Å²) in [6.45, 7) is 6.30. The summed E-state index contributed by atoms with van der Waals surface area (Å²) in [6, 6.07) is 8.12. The molecule has 1 atom stereocenters. The number of thioether (sulfide) groups is 1. The van der Waals surface area contributed by atoms with Crippen molar-refractivity contribution in [1.29, 1.82) is 0 Å². The number of hydrogen-bond donors (Lipinski definition) is 1. The van der Waals surface area contributed by atoms with E-state index in [0.29, 0.717) is 6.54 Å². The summed E-state index contributed by atoms with van der Waals surface area (Å²) < 4.78 is 0. The van der Waals surface area contributed by atoms with Crippen molar-refractivity contribution in [1.82, 2.24) is 4.90 Å². The van der Waals surface area contributed by atoms with E-state index in [4.69, 9.17) is 17.3 Å². The monoisotopic (exact) mass is 312 g/mol. The van der Waals surface area contributed by atoms with E-state index >= 15 is 0 Å². The van der Waals surface area contributed by atoms with Gasteiger partial charge in [-0.3, -0.25) is 4.90 Å². The molecule has 1 aliphatic rings. The molecule has 0 aliphatic carbocycles. The Labute approximate surface area is 132 Å². The van der Waals surface area contributed by atoms with Gasteiger partial charge in [0.25, 0.3) is 0 Å². The zero-order valence-corrected chi connectivity index (χ0v) is 14.2. The van der Waals surface area contributed by atoms with Crippen molar-refractivity contribution >= 4 is 23.4 Å². The Kier molecular flexibility index (Phi) is 5.06. The van der Waals surface area contributed by atoms with Gasteiger partial charge in [0.1, 0.15) is 0 Å². The molecule has 2 nitrogen and oxygen atoms in total. The number of nitrogens with two attached hydrogens (primary N) is 1. The van der Waals surface area contributed by atoms with Gasteiger partial charge in [0.15, 0.2) is 0 Å². The third-order valence-corrected chi connectivity index (χ3v) is 6.26. The predicted octanol–water partition coefficient (Wildman–Crippen LogP) is 3.63. The fourth-order valence-corrected chi connectivity index (χ4v) is 5.25. The number of benzene rings is 1. The molecule has 1 aromatic carbocycles. The van der Waals surface area contributed by atoms with E-state index in [2.05, 4.69) is 31.9 Å². The topological polar surface area (TPSA) is 29.3 Å². The Bertz CT molecular complexity index is 464. The van der Waals surface area contributed by atoms with E-state index < -0.39 is 0 Å². The number of likely N-dealkylation sites (N-methyl/N-ethyl adjacent to an activating group) is 1. The minimum absolute atomic E-state index is 0.0538. The van der Waals surface area contributed by atoms with Gasteiger partial charge in [-0.25, -0.2) is 0 Å². The second kappa shape index (κ2) is 6.27. The maximum Gasteiger partial charge on any atom is 0.0473 e. The Morgan fingerprint density at radius 1 is 1.40 bits per heavy atom. The fourth-order valence-electron chi connectivity index (χ4n) is 3.17. The molecule has 2 rings (SSSR count). The highest BCUT2D eigenvalue weighted by Crippen LogP contribution is 2.45. The standard InChI is InChI=1S/C16H25ClN2S/c1-15(2)7-8-20-12-16(15,11-18)19(3)10-13-5-4-6-14(17)9-13/h4-6,9H,7-8,10-12,18H2,1-3H3. The molecule has 1 heterocycles. The Morgan fingerprint density at radius 3 is 2.75 bits per heavy atom. The molecule has 112 valence electrons. The second-order valence-corrected chi connectivity index (χ2v) is 7.95. The first-order valence-electron chi connectivity index (χ1n) is 7.15. The maximum absolute atomic E-state index is 6.22. The quantitative estimate of drug-likeness (QED) is 0.920. The first kappa shape index (κ1) is 16.2. The van der Waals surface area contributed by atoms with Gasteiger partial charge in [-0.15, -0.1) is 0 Å². The van der Waals surface area contributed by atoms with Crippen LogP contribution in [0.2, 0.25) is 5.02 Å². The smallest absolute Gasteiger partial charge is 0.0473 e. The average Bonchev–Trinajstić information content (AvgIpc) is 2.38. The van der Waals surface area contributed by atoms with Crippen molar-refractivity contribution < 1.29 is 0 Å². The van der Waals surface area contributed by atoms with E-state index in [1.54, 1.807) is 0 Å². The summed E-state index contributed by atoms with van der Waals surface area (Å²) in [7, 11) is 2.20. The van der Waals surface area contributed by atoms with E-state index in [1.165, 1.54) is 17.7 Å². The lowest BCUT2D eigenvalue weighted by atomic mass is 9.69. The maximum atomic E-state index is 6.22. The molecular formula is C16H25ClN2S. The Balaban J connectivity index is 2.22. The van der Waals surface area contributed by atoms with E-state index in [9.17, 15) is 0 Å². The van der Waals surface area contributed by atoms with Crippen LogP contribution in [0.5, 0.6) is 0 Å². The molecule has 1 aliphatic heterocycles. The average molecular weight is 313 g/mol. The predicted molar refractivity (Wildman–Crippen MR) is 90.4 cm³/mol. The van der Waals surface area contributed by atoms with Crippen LogP contribution in [0.1, 0.15) is 25.8 Å². The first-order chi connectivity index (χ1) is 9.41. The number of rotatable bonds is 4. The van der Waals surface area contributed by atoms with Gasteiger partial charge < -0.3 is 5.73 Å². The molecule has 0 bridgehead atoms. The highest BCUT2D eigenvalue weighted by molar-refractivity contribution is 7.99. The van der Waals surface area contributed by atoms with Crippen LogP contribution < -0.4 is 5.73 Å². The summed E-state index contributed by atoms with van der Waals surface area (Å²) in [5.74, 6) is 2.34. The zero-order chi connectivity index (χ0) is 14.8. The van der Waals surface area contributed by atoms with Crippen LogP contribution in [-0.4, -0.2) is 35.5 Å². The molecule has 0 aromatic heterocycles. The summed E-state index contributed by atoms with van der Waals surface area (Å²) in [5.41, 5.74) is 7.76. The lowest BCUT2D eigenvalue weighted by Gasteiger charge is -2.54. The van der Waals surface area contributed by atoms with Crippen LogP contribution in [-0.2, 0) is 6.54 Å². The molecule has 1 unspecified atom stereocenters. The van der Waals surface area contributed by atoms with Gasteiger partial charge in [0.05, 0.1) is 0 Å². The summed E-state index contributed by atoms with van der Waals surface area (Å²) in [4.78, 5) is 2.44. The van der Waals surface area contributed by atoms with Gasteiger partial charge in [0.2, 0.25) is 0 Å². The highest BCUT2D eigenvalue weighted by Gasteiger charge is 2.48. The molecule has 20 heavy (non-hydrogen) atoms. The molecule has 0 spiro atoms. The minimum atomic E-state index is 0.0538. The lowest BCUT2D eigenvalue weighted by Crippen LogP contribution is -2.64. The van der Waals surface area contributed by atoms with Crippen LogP contribution in [0.15, 0.2) is 24.3 Å². The Hall–Kier alpha value is -0.220. The third kappa shape index (κ3) is 3.01. The molecule has 2 N–H and O–H groups in total.